The van der Waals surface area contributed by atoms with Crippen LogP contribution in [0.4, 0.5) is 10.1 Å². The first-order valence-electron chi connectivity index (χ1n) is 5.14. The number of thioether (sulfide) groups is 1. The van der Waals surface area contributed by atoms with Gasteiger partial charge in [-0.1, -0.05) is 6.92 Å². The first-order chi connectivity index (χ1) is 7.69. The van der Waals surface area contributed by atoms with Gasteiger partial charge in [-0.15, -0.1) is 11.8 Å². The predicted octanol–water partition coefficient (Wildman–Crippen LogP) is 2.28. The third-order valence-corrected chi connectivity index (χ3v) is 2.93. The summed E-state index contributed by atoms with van der Waals surface area (Å²) in [7, 11) is 0. The minimum absolute atomic E-state index is 0.0621. The Bertz CT molecular complexity index is 318. The molecule has 0 saturated carbocycles. The second-order valence-corrected chi connectivity index (χ2v) is 4.38. The Hall–Kier alpha value is -0.940. The highest BCUT2D eigenvalue weighted by molar-refractivity contribution is 7.99. The van der Waals surface area contributed by atoms with Crippen LogP contribution in [0.15, 0.2) is 17.0 Å². The SMILES string of the molecule is CCCOc1cc(SCCO)c(N)cc1F. The molecule has 0 aromatic heterocycles. The van der Waals surface area contributed by atoms with Crippen LogP contribution < -0.4 is 10.5 Å². The molecule has 90 valence electrons. The van der Waals surface area contributed by atoms with Crippen LogP contribution in [-0.4, -0.2) is 24.1 Å². The molecule has 0 amide bonds. The number of anilines is 1. The Kier molecular flexibility index (Phi) is 5.42. The predicted molar refractivity (Wildman–Crippen MR) is 64.4 cm³/mol. The summed E-state index contributed by atoms with van der Waals surface area (Å²) in [5.74, 6) is 0.305. The fourth-order valence-corrected chi connectivity index (χ4v) is 1.88. The van der Waals surface area contributed by atoms with E-state index in [0.717, 1.165) is 11.3 Å². The molecule has 0 saturated heterocycles. The zero-order valence-electron chi connectivity index (χ0n) is 9.20. The van der Waals surface area contributed by atoms with Crippen LogP contribution in [0.3, 0.4) is 0 Å². The minimum Gasteiger partial charge on any atom is -0.490 e. The summed E-state index contributed by atoms with van der Waals surface area (Å²) in [5.41, 5.74) is 6.04. The van der Waals surface area contributed by atoms with Crippen LogP contribution in [0.2, 0.25) is 0 Å². The molecule has 0 aliphatic carbocycles. The summed E-state index contributed by atoms with van der Waals surface area (Å²) >= 11 is 1.38. The summed E-state index contributed by atoms with van der Waals surface area (Å²) in [4.78, 5) is 0.738. The van der Waals surface area contributed by atoms with Crippen LogP contribution in [0.5, 0.6) is 5.75 Å². The van der Waals surface area contributed by atoms with Gasteiger partial charge in [-0.05, 0) is 12.5 Å². The van der Waals surface area contributed by atoms with Crippen LogP contribution in [-0.2, 0) is 0 Å². The number of halogens is 1. The van der Waals surface area contributed by atoms with Crippen molar-refractivity contribution in [2.45, 2.75) is 18.2 Å². The number of nitrogens with two attached hydrogens (primary N) is 1. The summed E-state index contributed by atoms with van der Waals surface area (Å²) in [5, 5.41) is 8.72. The van der Waals surface area contributed by atoms with E-state index in [-0.39, 0.29) is 12.4 Å². The first kappa shape index (κ1) is 13.1. The number of rotatable bonds is 6. The number of ether oxygens (including phenoxy) is 1. The topological polar surface area (TPSA) is 55.5 Å². The molecule has 0 heterocycles. The molecule has 5 heteroatoms. The van der Waals surface area contributed by atoms with E-state index in [2.05, 4.69) is 0 Å². The molecule has 3 nitrogen and oxygen atoms in total. The molecule has 1 rings (SSSR count). The van der Waals surface area contributed by atoms with Crippen molar-refractivity contribution in [1.29, 1.82) is 0 Å². The van der Waals surface area contributed by atoms with Gasteiger partial charge in [0.2, 0.25) is 0 Å². The van der Waals surface area contributed by atoms with Gasteiger partial charge in [-0.25, -0.2) is 4.39 Å². The van der Waals surface area contributed by atoms with E-state index < -0.39 is 5.82 Å². The smallest absolute Gasteiger partial charge is 0.167 e. The number of hydrogen-bond acceptors (Lipinski definition) is 4. The maximum atomic E-state index is 13.4. The lowest BCUT2D eigenvalue weighted by Gasteiger charge is -2.10. The Labute approximate surface area is 98.8 Å². The maximum Gasteiger partial charge on any atom is 0.167 e. The fourth-order valence-electron chi connectivity index (χ4n) is 1.15. The van der Waals surface area contributed by atoms with Gasteiger partial charge in [-0.3, -0.25) is 0 Å². The quantitative estimate of drug-likeness (QED) is 0.596. The van der Waals surface area contributed by atoms with Crippen molar-refractivity contribution >= 4 is 17.4 Å². The van der Waals surface area contributed by atoms with E-state index in [9.17, 15) is 4.39 Å². The van der Waals surface area contributed by atoms with E-state index in [1.165, 1.54) is 17.8 Å². The number of aliphatic hydroxyl groups is 1. The molecule has 0 bridgehead atoms. The maximum absolute atomic E-state index is 13.4. The number of hydrogen-bond donors (Lipinski definition) is 2. The van der Waals surface area contributed by atoms with Crippen molar-refractivity contribution in [2.24, 2.45) is 0 Å². The van der Waals surface area contributed by atoms with Gasteiger partial charge in [0.25, 0.3) is 0 Å². The lowest BCUT2D eigenvalue weighted by Crippen LogP contribution is -2.00. The van der Waals surface area contributed by atoms with Crippen molar-refractivity contribution in [3.05, 3.63) is 17.9 Å². The highest BCUT2D eigenvalue weighted by Gasteiger charge is 2.09. The summed E-state index contributed by atoms with van der Waals surface area (Å²) < 4.78 is 18.7. The molecule has 0 unspecified atom stereocenters. The largest absolute Gasteiger partial charge is 0.490 e. The first-order valence-corrected chi connectivity index (χ1v) is 6.13. The van der Waals surface area contributed by atoms with Crippen LogP contribution in [0, 0.1) is 5.82 Å². The Morgan fingerprint density at radius 1 is 1.50 bits per heavy atom. The lowest BCUT2D eigenvalue weighted by atomic mass is 10.3. The normalized spacial score (nSPS) is 10.4. The average Bonchev–Trinajstić information content (AvgIpc) is 2.26. The second-order valence-electron chi connectivity index (χ2n) is 3.24. The molecule has 0 spiro atoms. The summed E-state index contributed by atoms with van der Waals surface area (Å²) in [6.07, 6.45) is 0.822. The van der Waals surface area contributed by atoms with Gasteiger partial charge < -0.3 is 15.6 Å². The number of nitrogen functional groups attached to an aromatic ring is 1. The van der Waals surface area contributed by atoms with E-state index in [1.807, 2.05) is 6.92 Å². The molecular formula is C11H16FNO2S. The van der Waals surface area contributed by atoms with Crippen LogP contribution in [0.1, 0.15) is 13.3 Å². The highest BCUT2D eigenvalue weighted by atomic mass is 32.2. The summed E-state index contributed by atoms with van der Waals surface area (Å²) in [6, 6.07) is 2.84. The number of benzene rings is 1. The van der Waals surface area contributed by atoms with Crippen molar-refractivity contribution in [2.75, 3.05) is 24.7 Å². The Morgan fingerprint density at radius 2 is 2.25 bits per heavy atom. The monoisotopic (exact) mass is 245 g/mol. The fraction of sp³-hybridized carbons (Fsp3) is 0.455. The van der Waals surface area contributed by atoms with Gasteiger partial charge in [0, 0.05) is 22.4 Å². The summed E-state index contributed by atoms with van der Waals surface area (Å²) in [6.45, 7) is 2.49. The van der Waals surface area contributed by atoms with Gasteiger partial charge in [0.15, 0.2) is 11.6 Å². The van der Waals surface area contributed by atoms with Crippen molar-refractivity contribution in [1.82, 2.24) is 0 Å². The average molecular weight is 245 g/mol. The van der Waals surface area contributed by atoms with Gasteiger partial charge in [0.05, 0.1) is 13.2 Å². The third-order valence-electron chi connectivity index (χ3n) is 1.87. The van der Waals surface area contributed by atoms with Gasteiger partial charge in [-0.2, -0.15) is 0 Å². The molecule has 1 aromatic carbocycles. The zero-order valence-corrected chi connectivity index (χ0v) is 10.0. The standard InChI is InChI=1S/C11H16FNO2S/c1-2-4-15-10-7-11(16-5-3-14)9(13)6-8(10)12/h6-7,14H,2-5,13H2,1H3. The lowest BCUT2D eigenvalue weighted by molar-refractivity contribution is 0.300. The third kappa shape index (κ3) is 3.57. The van der Waals surface area contributed by atoms with E-state index in [4.69, 9.17) is 15.6 Å². The van der Waals surface area contributed by atoms with Gasteiger partial charge >= 0.3 is 0 Å². The number of aliphatic hydroxyl groups excluding tert-OH is 1. The Balaban J connectivity index is 2.83. The molecule has 0 fully saturated rings. The van der Waals surface area contributed by atoms with E-state index in [0.29, 0.717) is 18.0 Å². The minimum atomic E-state index is -0.445. The van der Waals surface area contributed by atoms with Crippen molar-refractivity contribution in [3.63, 3.8) is 0 Å². The highest BCUT2D eigenvalue weighted by Crippen LogP contribution is 2.31. The molecule has 0 radical (unpaired) electrons. The van der Waals surface area contributed by atoms with Crippen molar-refractivity contribution < 1.29 is 14.2 Å². The molecule has 0 aliphatic rings. The van der Waals surface area contributed by atoms with Crippen LogP contribution in [0.25, 0.3) is 0 Å². The molecule has 3 N–H and O–H groups in total. The van der Waals surface area contributed by atoms with E-state index in [1.54, 1.807) is 6.07 Å². The van der Waals surface area contributed by atoms with Crippen molar-refractivity contribution in [3.8, 4) is 5.75 Å². The molecule has 0 aliphatic heterocycles. The van der Waals surface area contributed by atoms with Gasteiger partial charge in [0.1, 0.15) is 0 Å². The molecular weight excluding hydrogens is 229 g/mol. The molecule has 16 heavy (non-hydrogen) atoms. The molecule has 0 atom stereocenters. The zero-order chi connectivity index (χ0) is 12.0. The second kappa shape index (κ2) is 6.60. The Morgan fingerprint density at radius 3 is 2.88 bits per heavy atom. The van der Waals surface area contributed by atoms with E-state index >= 15 is 0 Å². The van der Waals surface area contributed by atoms with Crippen LogP contribution >= 0.6 is 11.8 Å². The molecule has 1 aromatic rings.